The maximum absolute atomic E-state index is 11.2. The van der Waals surface area contributed by atoms with Crippen LogP contribution in [-0.4, -0.2) is 44.0 Å². The molecule has 0 aromatic carbocycles. The molecule has 6 heteroatoms. The van der Waals surface area contributed by atoms with E-state index in [1.165, 1.54) is 0 Å². The predicted molar refractivity (Wildman–Crippen MR) is 68.3 cm³/mol. The number of rotatable bonds is 5. The highest BCUT2D eigenvalue weighted by atomic mass is 32.2. The van der Waals surface area contributed by atoms with E-state index in [9.17, 15) is 13.5 Å². The Balaban J connectivity index is 2.43. The lowest BCUT2D eigenvalue weighted by Gasteiger charge is -2.33. The van der Waals surface area contributed by atoms with Gasteiger partial charge in [-0.05, 0) is 26.7 Å². The standard InChI is InChI=1S/C11H24N2O3S/c1-11(2,13-17(3,15)16)8-12-9-6-4-5-7-10(9)14/h9-10,12-14H,4-8H2,1-3H3/t9-,10-/m0/s1. The molecular formula is C11H24N2O3S. The molecular weight excluding hydrogens is 240 g/mol. The minimum atomic E-state index is -3.20. The van der Waals surface area contributed by atoms with E-state index in [4.69, 9.17) is 0 Å². The Labute approximate surface area is 104 Å². The fraction of sp³-hybridized carbons (Fsp3) is 1.00. The molecule has 0 aromatic heterocycles. The molecule has 3 N–H and O–H groups in total. The van der Waals surface area contributed by atoms with E-state index >= 15 is 0 Å². The lowest BCUT2D eigenvalue weighted by molar-refractivity contribution is 0.0882. The van der Waals surface area contributed by atoms with Gasteiger partial charge in [-0.2, -0.15) is 0 Å². The van der Waals surface area contributed by atoms with Crippen LogP contribution in [0.2, 0.25) is 0 Å². The molecule has 1 saturated carbocycles. The van der Waals surface area contributed by atoms with Gasteiger partial charge in [0.15, 0.2) is 0 Å². The summed E-state index contributed by atoms with van der Waals surface area (Å²) >= 11 is 0. The smallest absolute Gasteiger partial charge is 0.209 e. The molecule has 0 spiro atoms. The van der Waals surface area contributed by atoms with Gasteiger partial charge in [0.1, 0.15) is 0 Å². The van der Waals surface area contributed by atoms with E-state index in [-0.39, 0.29) is 12.1 Å². The van der Waals surface area contributed by atoms with E-state index in [0.717, 1.165) is 31.9 Å². The van der Waals surface area contributed by atoms with Gasteiger partial charge in [0.2, 0.25) is 10.0 Å². The van der Waals surface area contributed by atoms with Gasteiger partial charge in [0.05, 0.1) is 12.4 Å². The SMILES string of the molecule is CC(C)(CN[C@H]1CCCC[C@@H]1O)NS(C)(=O)=O. The van der Waals surface area contributed by atoms with E-state index in [0.29, 0.717) is 6.54 Å². The third-order valence-corrected chi connectivity index (χ3v) is 3.92. The second kappa shape index (κ2) is 5.65. The first-order chi connectivity index (χ1) is 7.70. The van der Waals surface area contributed by atoms with Crippen molar-refractivity contribution in [1.29, 1.82) is 0 Å². The van der Waals surface area contributed by atoms with Crippen molar-refractivity contribution < 1.29 is 13.5 Å². The van der Waals surface area contributed by atoms with Crippen molar-refractivity contribution >= 4 is 10.0 Å². The summed E-state index contributed by atoms with van der Waals surface area (Å²) in [6.07, 6.45) is 4.83. The van der Waals surface area contributed by atoms with Crippen molar-refractivity contribution in [1.82, 2.24) is 10.0 Å². The molecule has 0 aliphatic heterocycles. The average molecular weight is 264 g/mol. The molecule has 1 aliphatic carbocycles. The molecule has 0 aromatic rings. The fourth-order valence-corrected chi connectivity index (χ4v) is 3.35. The van der Waals surface area contributed by atoms with Gasteiger partial charge in [0.25, 0.3) is 0 Å². The number of sulfonamides is 1. The number of hydrogen-bond donors (Lipinski definition) is 3. The molecule has 0 unspecified atom stereocenters. The Morgan fingerprint density at radius 2 is 1.88 bits per heavy atom. The maximum Gasteiger partial charge on any atom is 0.209 e. The van der Waals surface area contributed by atoms with Gasteiger partial charge in [0, 0.05) is 18.1 Å². The molecule has 1 aliphatic rings. The minimum Gasteiger partial charge on any atom is -0.392 e. The lowest BCUT2D eigenvalue weighted by atomic mass is 9.92. The number of hydrogen-bond acceptors (Lipinski definition) is 4. The van der Waals surface area contributed by atoms with E-state index in [2.05, 4.69) is 10.0 Å². The zero-order valence-corrected chi connectivity index (χ0v) is 11.7. The summed E-state index contributed by atoms with van der Waals surface area (Å²) in [5.74, 6) is 0. The Kier molecular flexibility index (Phi) is 4.95. The van der Waals surface area contributed by atoms with E-state index in [1.54, 1.807) is 0 Å². The minimum absolute atomic E-state index is 0.0874. The molecule has 1 fully saturated rings. The van der Waals surface area contributed by atoms with Crippen molar-refractivity contribution in [2.45, 2.75) is 57.2 Å². The molecule has 0 amide bonds. The quantitative estimate of drug-likeness (QED) is 0.663. The molecule has 0 radical (unpaired) electrons. The Bertz CT molecular complexity index is 341. The first-order valence-corrected chi connectivity index (χ1v) is 7.99. The number of nitrogens with one attached hydrogen (secondary N) is 2. The third-order valence-electron chi connectivity index (χ3n) is 3.00. The molecule has 5 nitrogen and oxygen atoms in total. The van der Waals surface area contributed by atoms with Crippen molar-refractivity contribution in [3.05, 3.63) is 0 Å². The fourth-order valence-electron chi connectivity index (χ4n) is 2.27. The summed E-state index contributed by atoms with van der Waals surface area (Å²) in [4.78, 5) is 0. The monoisotopic (exact) mass is 264 g/mol. The van der Waals surface area contributed by atoms with Gasteiger partial charge in [-0.3, -0.25) is 0 Å². The van der Waals surface area contributed by atoms with Crippen LogP contribution in [0.25, 0.3) is 0 Å². The van der Waals surface area contributed by atoms with Gasteiger partial charge in [-0.15, -0.1) is 0 Å². The van der Waals surface area contributed by atoms with Crippen LogP contribution in [0.5, 0.6) is 0 Å². The molecule has 0 heterocycles. The first-order valence-electron chi connectivity index (χ1n) is 6.10. The van der Waals surface area contributed by atoms with E-state index in [1.807, 2.05) is 13.8 Å². The Morgan fingerprint density at radius 1 is 1.29 bits per heavy atom. The van der Waals surface area contributed by atoms with Crippen LogP contribution < -0.4 is 10.0 Å². The zero-order chi connectivity index (χ0) is 13.1. The number of aliphatic hydroxyl groups is 1. The molecule has 2 atom stereocenters. The third kappa shape index (κ3) is 5.81. The molecule has 102 valence electrons. The summed E-state index contributed by atoms with van der Waals surface area (Å²) in [6, 6.07) is 0.0874. The second-order valence-electron chi connectivity index (χ2n) is 5.60. The lowest BCUT2D eigenvalue weighted by Crippen LogP contribution is -2.54. The van der Waals surface area contributed by atoms with Gasteiger partial charge >= 0.3 is 0 Å². The summed E-state index contributed by atoms with van der Waals surface area (Å²) in [6.45, 7) is 4.17. The topological polar surface area (TPSA) is 78.4 Å². The van der Waals surface area contributed by atoms with Crippen LogP contribution in [-0.2, 0) is 10.0 Å². The van der Waals surface area contributed by atoms with Crippen LogP contribution in [0.3, 0.4) is 0 Å². The Hall–Kier alpha value is -0.170. The Morgan fingerprint density at radius 3 is 2.41 bits per heavy atom. The number of aliphatic hydroxyl groups excluding tert-OH is 1. The molecule has 0 saturated heterocycles. The summed E-state index contributed by atoms with van der Waals surface area (Å²) in [7, 11) is -3.20. The maximum atomic E-state index is 11.2. The highest BCUT2D eigenvalue weighted by Gasteiger charge is 2.27. The first kappa shape index (κ1) is 14.9. The van der Waals surface area contributed by atoms with E-state index < -0.39 is 15.6 Å². The van der Waals surface area contributed by atoms with Crippen molar-refractivity contribution in [3.8, 4) is 0 Å². The van der Waals surface area contributed by atoms with Crippen LogP contribution in [0.15, 0.2) is 0 Å². The highest BCUT2D eigenvalue weighted by Crippen LogP contribution is 2.18. The van der Waals surface area contributed by atoms with Crippen LogP contribution in [0.1, 0.15) is 39.5 Å². The normalized spacial score (nSPS) is 27.1. The molecule has 17 heavy (non-hydrogen) atoms. The summed E-state index contributed by atoms with van der Waals surface area (Å²) in [5, 5.41) is 13.1. The highest BCUT2D eigenvalue weighted by molar-refractivity contribution is 7.88. The van der Waals surface area contributed by atoms with Gasteiger partial charge in [-0.1, -0.05) is 12.8 Å². The van der Waals surface area contributed by atoms with Crippen molar-refractivity contribution in [2.75, 3.05) is 12.8 Å². The van der Waals surface area contributed by atoms with Crippen LogP contribution in [0, 0.1) is 0 Å². The van der Waals surface area contributed by atoms with Crippen molar-refractivity contribution in [3.63, 3.8) is 0 Å². The van der Waals surface area contributed by atoms with Crippen LogP contribution >= 0.6 is 0 Å². The van der Waals surface area contributed by atoms with Gasteiger partial charge in [-0.25, -0.2) is 13.1 Å². The second-order valence-corrected chi connectivity index (χ2v) is 7.35. The van der Waals surface area contributed by atoms with Gasteiger partial charge < -0.3 is 10.4 Å². The molecule has 1 rings (SSSR count). The molecule has 0 bridgehead atoms. The summed E-state index contributed by atoms with van der Waals surface area (Å²) in [5.41, 5.74) is -0.537. The van der Waals surface area contributed by atoms with Crippen LogP contribution in [0.4, 0.5) is 0 Å². The van der Waals surface area contributed by atoms with Crippen molar-refractivity contribution in [2.24, 2.45) is 0 Å². The largest absolute Gasteiger partial charge is 0.392 e. The predicted octanol–water partition coefficient (Wildman–Crippen LogP) is 0.207. The zero-order valence-electron chi connectivity index (χ0n) is 10.9. The summed E-state index contributed by atoms with van der Waals surface area (Å²) < 4.78 is 24.9. The average Bonchev–Trinajstić information content (AvgIpc) is 2.13.